The lowest BCUT2D eigenvalue weighted by Crippen LogP contribution is -2.26. The molecule has 4 aromatic rings. The van der Waals surface area contributed by atoms with Crippen molar-refractivity contribution in [3.8, 4) is 17.2 Å². The number of nitrogens with one attached hydrogen (secondary N) is 3. The molecule has 10 nitrogen and oxygen atoms in total. The Labute approximate surface area is 239 Å². The molecule has 0 spiro atoms. The number of fused-ring (bicyclic) bond motifs is 1. The van der Waals surface area contributed by atoms with E-state index >= 15 is 0 Å². The van der Waals surface area contributed by atoms with Crippen LogP contribution in [-0.4, -0.2) is 52.2 Å². The second-order valence-electron chi connectivity index (χ2n) is 11.2. The number of amides is 3. The number of pyridine rings is 1. The normalized spacial score (nSPS) is 13.3. The van der Waals surface area contributed by atoms with Crippen LogP contribution in [0.2, 0.25) is 0 Å². The molecule has 0 saturated carbocycles. The number of likely N-dealkylation sites (N-methyl/N-ethyl adjacent to an activating group) is 1. The fourth-order valence-corrected chi connectivity index (χ4v) is 4.59. The minimum Gasteiger partial charge on any atom is -0.457 e. The van der Waals surface area contributed by atoms with Gasteiger partial charge in [-0.2, -0.15) is 5.10 Å². The molecule has 212 valence electrons. The minimum atomic E-state index is -0.385. The standard InChI is InChI=1S/C31H35N7O3/c1-31(2,3)27-18-28(38(36-27)23-9-6-21-19-37(5)15-13-20(21)16-23)35-30(40)34-22-7-10-24(11-8-22)41-25-12-14-33-26(17-25)29(39)32-4/h6-12,14,16-18H,13,15,19H2,1-5H3,(H,32,39)(H2,34,35,40). The maximum atomic E-state index is 13.1. The van der Waals surface area contributed by atoms with Crippen molar-refractivity contribution in [1.29, 1.82) is 0 Å². The van der Waals surface area contributed by atoms with Gasteiger partial charge in [-0.3, -0.25) is 15.1 Å². The van der Waals surface area contributed by atoms with Crippen molar-refractivity contribution < 1.29 is 14.3 Å². The second-order valence-corrected chi connectivity index (χ2v) is 11.2. The van der Waals surface area contributed by atoms with Gasteiger partial charge in [-0.15, -0.1) is 0 Å². The summed E-state index contributed by atoms with van der Waals surface area (Å²) in [6.07, 6.45) is 2.49. The van der Waals surface area contributed by atoms with Gasteiger partial charge in [0.1, 0.15) is 23.0 Å². The zero-order chi connectivity index (χ0) is 29.1. The Morgan fingerprint density at radius 3 is 2.44 bits per heavy atom. The van der Waals surface area contributed by atoms with Crippen LogP contribution < -0.4 is 20.7 Å². The first kappa shape index (κ1) is 27.9. The number of aromatic nitrogens is 3. The number of benzene rings is 2. The molecule has 3 heterocycles. The number of rotatable bonds is 6. The Balaban J connectivity index is 1.30. The molecule has 0 radical (unpaired) electrons. The number of hydrogen-bond donors (Lipinski definition) is 3. The van der Waals surface area contributed by atoms with Gasteiger partial charge in [-0.25, -0.2) is 9.48 Å². The maximum Gasteiger partial charge on any atom is 0.324 e. The number of nitrogens with zero attached hydrogens (tertiary/aromatic N) is 4. The zero-order valence-corrected chi connectivity index (χ0v) is 24.0. The van der Waals surface area contributed by atoms with Crippen molar-refractivity contribution >= 4 is 23.4 Å². The molecule has 3 N–H and O–H groups in total. The highest BCUT2D eigenvalue weighted by Crippen LogP contribution is 2.29. The van der Waals surface area contributed by atoms with Crippen LogP contribution in [0.5, 0.6) is 11.5 Å². The topological polar surface area (TPSA) is 113 Å². The molecule has 2 aromatic carbocycles. The van der Waals surface area contributed by atoms with E-state index in [4.69, 9.17) is 9.84 Å². The number of anilines is 2. The number of carbonyl (C=O) groups excluding carboxylic acids is 2. The third-order valence-electron chi connectivity index (χ3n) is 6.90. The van der Waals surface area contributed by atoms with Gasteiger partial charge in [0.2, 0.25) is 0 Å². The predicted octanol–water partition coefficient (Wildman–Crippen LogP) is 5.35. The van der Waals surface area contributed by atoms with E-state index in [1.165, 1.54) is 17.3 Å². The first-order chi connectivity index (χ1) is 19.6. The Kier molecular flexibility index (Phi) is 7.76. The highest BCUT2D eigenvalue weighted by atomic mass is 16.5. The molecule has 0 aliphatic carbocycles. The van der Waals surface area contributed by atoms with Crippen molar-refractivity contribution in [2.45, 2.75) is 39.2 Å². The summed E-state index contributed by atoms with van der Waals surface area (Å²) in [6, 6.07) is 18.1. The summed E-state index contributed by atoms with van der Waals surface area (Å²) in [5.41, 5.74) is 5.08. The van der Waals surface area contributed by atoms with Crippen LogP contribution >= 0.6 is 0 Å². The number of hydrogen-bond acceptors (Lipinski definition) is 6. The summed E-state index contributed by atoms with van der Waals surface area (Å²) in [7, 11) is 3.68. The summed E-state index contributed by atoms with van der Waals surface area (Å²) >= 11 is 0. The van der Waals surface area contributed by atoms with Crippen LogP contribution in [0.15, 0.2) is 66.9 Å². The van der Waals surface area contributed by atoms with Crippen molar-refractivity contribution in [2.24, 2.45) is 0 Å². The van der Waals surface area contributed by atoms with Gasteiger partial charge >= 0.3 is 6.03 Å². The van der Waals surface area contributed by atoms with E-state index in [1.807, 2.05) is 6.07 Å². The largest absolute Gasteiger partial charge is 0.457 e. The van der Waals surface area contributed by atoms with Crippen molar-refractivity contribution in [3.63, 3.8) is 0 Å². The average Bonchev–Trinajstić information content (AvgIpc) is 3.38. The molecule has 1 aliphatic heterocycles. The number of ether oxygens (including phenoxy) is 1. The second kappa shape index (κ2) is 11.4. The van der Waals surface area contributed by atoms with E-state index in [9.17, 15) is 9.59 Å². The lowest BCUT2D eigenvalue weighted by Gasteiger charge is -2.25. The summed E-state index contributed by atoms with van der Waals surface area (Å²) in [5.74, 6) is 1.33. The first-order valence-electron chi connectivity index (χ1n) is 13.5. The molecule has 0 atom stereocenters. The predicted molar refractivity (Wildman–Crippen MR) is 159 cm³/mol. The third-order valence-corrected chi connectivity index (χ3v) is 6.90. The minimum absolute atomic E-state index is 0.194. The Morgan fingerprint density at radius 1 is 0.927 bits per heavy atom. The molecule has 1 aliphatic rings. The lowest BCUT2D eigenvalue weighted by atomic mass is 9.92. The maximum absolute atomic E-state index is 13.1. The zero-order valence-electron chi connectivity index (χ0n) is 24.0. The monoisotopic (exact) mass is 553 g/mol. The highest BCUT2D eigenvalue weighted by molar-refractivity contribution is 5.99. The van der Waals surface area contributed by atoms with Crippen LogP contribution in [0.3, 0.4) is 0 Å². The molecule has 41 heavy (non-hydrogen) atoms. The van der Waals surface area contributed by atoms with E-state index < -0.39 is 0 Å². The van der Waals surface area contributed by atoms with E-state index in [1.54, 1.807) is 48.1 Å². The first-order valence-corrected chi connectivity index (χ1v) is 13.5. The molecular formula is C31H35N7O3. The molecule has 3 amide bonds. The fourth-order valence-electron chi connectivity index (χ4n) is 4.59. The molecule has 10 heteroatoms. The van der Waals surface area contributed by atoms with Gasteiger partial charge in [0.25, 0.3) is 5.91 Å². The van der Waals surface area contributed by atoms with Crippen LogP contribution in [0.1, 0.15) is 48.1 Å². The van der Waals surface area contributed by atoms with Gasteiger partial charge in [0.15, 0.2) is 0 Å². The SMILES string of the molecule is CNC(=O)c1cc(Oc2ccc(NC(=O)Nc3cc(C(C)(C)C)nn3-c3ccc4c(c3)CCN(C)C4)cc2)ccn1. The van der Waals surface area contributed by atoms with Gasteiger partial charge in [-0.05, 0) is 67.1 Å². The highest BCUT2D eigenvalue weighted by Gasteiger charge is 2.22. The smallest absolute Gasteiger partial charge is 0.324 e. The van der Waals surface area contributed by atoms with Crippen LogP contribution in [-0.2, 0) is 18.4 Å². The van der Waals surface area contributed by atoms with Crippen molar-refractivity contribution in [1.82, 2.24) is 25.0 Å². The van der Waals surface area contributed by atoms with Crippen molar-refractivity contribution in [2.75, 3.05) is 31.3 Å². The molecule has 0 fully saturated rings. The Morgan fingerprint density at radius 2 is 1.71 bits per heavy atom. The van der Waals surface area contributed by atoms with E-state index in [0.29, 0.717) is 23.0 Å². The number of carbonyl (C=O) groups is 2. The Hall–Kier alpha value is -4.70. The molecular weight excluding hydrogens is 518 g/mol. The van der Waals surface area contributed by atoms with Crippen molar-refractivity contribution in [3.05, 3.63) is 89.4 Å². The number of urea groups is 1. The summed E-state index contributed by atoms with van der Waals surface area (Å²) in [5, 5.41) is 13.3. The average molecular weight is 554 g/mol. The van der Waals surface area contributed by atoms with E-state index in [2.05, 4.69) is 71.9 Å². The molecule has 0 bridgehead atoms. The summed E-state index contributed by atoms with van der Waals surface area (Å²) in [4.78, 5) is 31.2. The Bertz CT molecular complexity index is 1570. The van der Waals surface area contributed by atoms with Gasteiger partial charge in [0.05, 0.1) is 11.4 Å². The third kappa shape index (κ3) is 6.55. The van der Waals surface area contributed by atoms with Gasteiger partial charge in [-0.1, -0.05) is 26.8 Å². The molecule has 5 rings (SSSR count). The quantitative estimate of drug-likeness (QED) is 0.297. The lowest BCUT2D eigenvalue weighted by molar-refractivity contribution is 0.0957. The van der Waals surface area contributed by atoms with E-state index in [0.717, 1.165) is 30.9 Å². The van der Waals surface area contributed by atoms with Crippen LogP contribution in [0.25, 0.3) is 5.69 Å². The van der Waals surface area contributed by atoms with Crippen LogP contribution in [0, 0.1) is 0 Å². The van der Waals surface area contributed by atoms with E-state index in [-0.39, 0.29) is 23.0 Å². The fraction of sp³-hybridized carbons (Fsp3) is 0.290. The van der Waals surface area contributed by atoms with Crippen LogP contribution in [0.4, 0.5) is 16.3 Å². The summed E-state index contributed by atoms with van der Waals surface area (Å²) in [6.45, 7) is 8.24. The summed E-state index contributed by atoms with van der Waals surface area (Å²) < 4.78 is 7.65. The molecule has 0 unspecified atom stereocenters. The molecule has 0 saturated heterocycles. The molecule has 2 aromatic heterocycles. The van der Waals surface area contributed by atoms with Gasteiger partial charge in [0, 0.05) is 49.6 Å². The van der Waals surface area contributed by atoms with Gasteiger partial charge < -0.3 is 20.3 Å².